The van der Waals surface area contributed by atoms with Gasteiger partial charge in [-0.25, -0.2) is 4.39 Å². The van der Waals surface area contributed by atoms with Crippen molar-refractivity contribution in [3.8, 4) is 0 Å². The minimum Gasteiger partial charge on any atom is -0.369 e. The van der Waals surface area contributed by atoms with Gasteiger partial charge in [-0.3, -0.25) is 0 Å². The van der Waals surface area contributed by atoms with Crippen molar-refractivity contribution in [3.05, 3.63) is 29.6 Å². The number of piperidine rings is 2. The van der Waals surface area contributed by atoms with Gasteiger partial charge < -0.3 is 9.80 Å². The van der Waals surface area contributed by atoms with Gasteiger partial charge in [0.05, 0.1) is 5.69 Å². The van der Waals surface area contributed by atoms with Crippen LogP contribution in [-0.2, 0) is 0 Å². The molecule has 21 heavy (non-hydrogen) atoms. The van der Waals surface area contributed by atoms with Crippen LogP contribution in [0.1, 0.15) is 31.2 Å². The van der Waals surface area contributed by atoms with E-state index >= 15 is 0 Å². The van der Waals surface area contributed by atoms with Crippen LogP contribution >= 0.6 is 0 Å². The SMILES string of the molecule is Cc1ccc(N2CCC(C3CCN(C)CC3)CC2)c(F)c1. The summed E-state index contributed by atoms with van der Waals surface area (Å²) in [4.78, 5) is 4.67. The van der Waals surface area contributed by atoms with Gasteiger partial charge in [0.25, 0.3) is 0 Å². The zero-order valence-electron chi connectivity index (χ0n) is 13.3. The lowest BCUT2D eigenvalue weighted by atomic mass is 9.79. The predicted molar refractivity (Wildman–Crippen MR) is 86.3 cm³/mol. The monoisotopic (exact) mass is 290 g/mol. The number of hydrogen-bond donors (Lipinski definition) is 0. The zero-order chi connectivity index (χ0) is 14.8. The van der Waals surface area contributed by atoms with Crippen molar-refractivity contribution in [3.63, 3.8) is 0 Å². The Morgan fingerprint density at radius 1 is 0.952 bits per heavy atom. The Kier molecular flexibility index (Phi) is 4.48. The summed E-state index contributed by atoms with van der Waals surface area (Å²) in [6, 6.07) is 5.61. The summed E-state index contributed by atoms with van der Waals surface area (Å²) in [5.41, 5.74) is 1.79. The topological polar surface area (TPSA) is 6.48 Å². The van der Waals surface area contributed by atoms with Crippen LogP contribution in [0.3, 0.4) is 0 Å². The van der Waals surface area contributed by atoms with Crippen molar-refractivity contribution >= 4 is 5.69 Å². The third kappa shape index (κ3) is 3.39. The summed E-state index contributed by atoms with van der Waals surface area (Å²) in [5, 5.41) is 0. The van der Waals surface area contributed by atoms with Crippen LogP contribution in [0.4, 0.5) is 10.1 Å². The predicted octanol–water partition coefficient (Wildman–Crippen LogP) is 3.69. The van der Waals surface area contributed by atoms with Crippen LogP contribution in [0.25, 0.3) is 0 Å². The van der Waals surface area contributed by atoms with E-state index in [-0.39, 0.29) is 5.82 Å². The second-order valence-corrected chi connectivity index (χ2v) is 6.92. The molecule has 2 fully saturated rings. The van der Waals surface area contributed by atoms with Crippen molar-refractivity contribution in [2.24, 2.45) is 11.8 Å². The summed E-state index contributed by atoms with van der Waals surface area (Å²) in [5.74, 6) is 1.68. The van der Waals surface area contributed by atoms with E-state index in [1.165, 1.54) is 38.8 Å². The smallest absolute Gasteiger partial charge is 0.146 e. The molecule has 0 unspecified atom stereocenters. The van der Waals surface area contributed by atoms with Gasteiger partial charge in [0.15, 0.2) is 0 Å². The van der Waals surface area contributed by atoms with Crippen LogP contribution in [0, 0.1) is 24.6 Å². The minimum atomic E-state index is -0.0623. The Labute approximate surface area is 127 Å². The highest BCUT2D eigenvalue weighted by Crippen LogP contribution is 2.34. The molecule has 0 spiro atoms. The molecule has 0 saturated carbocycles. The van der Waals surface area contributed by atoms with E-state index in [2.05, 4.69) is 16.8 Å². The molecule has 1 aromatic carbocycles. The van der Waals surface area contributed by atoms with Crippen molar-refractivity contribution in [1.29, 1.82) is 0 Å². The van der Waals surface area contributed by atoms with E-state index in [1.54, 1.807) is 6.07 Å². The van der Waals surface area contributed by atoms with Gasteiger partial charge in [-0.1, -0.05) is 6.07 Å². The standard InChI is InChI=1S/C18H27FN2/c1-14-3-4-18(17(19)13-14)21-11-7-16(8-12-21)15-5-9-20(2)10-6-15/h3-4,13,15-16H,5-12H2,1-2H3. The molecule has 0 aromatic heterocycles. The summed E-state index contributed by atoms with van der Waals surface area (Å²) in [7, 11) is 2.22. The molecule has 0 amide bonds. The first-order valence-corrected chi connectivity index (χ1v) is 8.33. The molecule has 3 rings (SSSR count). The van der Waals surface area contributed by atoms with E-state index in [9.17, 15) is 4.39 Å². The first-order valence-electron chi connectivity index (χ1n) is 8.33. The molecule has 0 aliphatic carbocycles. The number of benzene rings is 1. The maximum absolute atomic E-state index is 14.1. The van der Waals surface area contributed by atoms with Crippen LogP contribution in [-0.4, -0.2) is 38.1 Å². The van der Waals surface area contributed by atoms with Crippen LogP contribution in [0.5, 0.6) is 0 Å². The Balaban J connectivity index is 1.57. The molecule has 2 heterocycles. The summed E-state index contributed by atoms with van der Waals surface area (Å²) in [6.45, 7) is 6.46. The lowest BCUT2D eigenvalue weighted by Gasteiger charge is -2.40. The second-order valence-electron chi connectivity index (χ2n) is 6.92. The fourth-order valence-corrected chi connectivity index (χ4v) is 3.98. The number of likely N-dealkylation sites (tertiary alicyclic amines) is 1. The third-order valence-corrected chi connectivity index (χ3v) is 5.41. The molecule has 0 N–H and O–H groups in total. The highest BCUT2D eigenvalue weighted by molar-refractivity contribution is 5.49. The van der Waals surface area contributed by atoms with E-state index in [0.717, 1.165) is 36.2 Å². The number of halogens is 1. The molecule has 2 saturated heterocycles. The number of nitrogens with zero attached hydrogens (tertiary/aromatic N) is 2. The van der Waals surface area contributed by atoms with Gasteiger partial charge in [-0.05, 0) is 82.3 Å². The highest BCUT2D eigenvalue weighted by Gasteiger charge is 2.29. The maximum Gasteiger partial charge on any atom is 0.146 e. The van der Waals surface area contributed by atoms with E-state index < -0.39 is 0 Å². The molecule has 2 nitrogen and oxygen atoms in total. The third-order valence-electron chi connectivity index (χ3n) is 5.41. The van der Waals surface area contributed by atoms with Crippen LogP contribution in [0.2, 0.25) is 0 Å². The average Bonchev–Trinajstić information content (AvgIpc) is 2.48. The largest absolute Gasteiger partial charge is 0.369 e. The number of anilines is 1. The Bertz CT molecular complexity index is 472. The van der Waals surface area contributed by atoms with Crippen molar-refractivity contribution in [1.82, 2.24) is 4.90 Å². The molecule has 1 aromatic rings. The van der Waals surface area contributed by atoms with Crippen LogP contribution < -0.4 is 4.90 Å². The maximum atomic E-state index is 14.1. The zero-order valence-corrected chi connectivity index (χ0v) is 13.3. The number of rotatable bonds is 2. The number of aryl methyl sites for hydroxylation is 1. The van der Waals surface area contributed by atoms with Crippen LogP contribution in [0.15, 0.2) is 18.2 Å². The fourth-order valence-electron chi connectivity index (χ4n) is 3.98. The summed E-state index contributed by atoms with van der Waals surface area (Å²) >= 11 is 0. The first kappa shape index (κ1) is 14.8. The quantitative estimate of drug-likeness (QED) is 0.819. The normalized spacial score (nSPS) is 22.7. The van der Waals surface area contributed by atoms with Gasteiger partial charge in [-0.2, -0.15) is 0 Å². The van der Waals surface area contributed by atoms with E-state index in [0.29, 0.717) is 0 Å². The van der Waals surface area contributed by atoms with Gasteiger partial charge >= 0.3 is 0 Å². The molecule has 2 aliphatic rings. The average molecular weight is 290 g/mol. The summed E-state index contributed by atoms with van der Waals surface area (Å²) < 4.78 is 14.1. The highest BCUT2D eigenvalue weighted by atomic mass is 19.1. The fraction of sp³-hybridized carbons (Fsp3) is 0.667. The Morgan fingerprint density at radius 2 is 1.52 bits per heavy atom. The minimum absolute atomic E-state index is 0.0623. The van der Waals surface area contributed by atoms with E-state index in [1.807, 2.05) is 19.1 Å². The molecular formula is C18H27FN2. The van der Waals surface area contributed by atoms with Crippen molar-refractivity contribution < 1.29 is 4.39 Å². The van der Waals surface area contributed by atoms with Gasteiger partial charge in [0.2, 0.25) is 0 Å². The van der Waals surface area contributed by atoms with Gasteiger partial charge in [0, 0.05) is 13.1 Å². The molecule has 0 radical (unpaired) electrons. The van der Waals surface area contributed by atoms with Gasteiger partial charge in [-0.15, -0.1) is 0 Å². The molecule has 116 valence electrons. The molecule has 0 bridgehead atoms. The number of hydrogen-bond acceptors (Lipinski definition) is 2. The lowest BCUT2D eigenvalue weighted by molar-refractivity contribution is 0.154. The van der Waals surface area contributed by atoms with Gasteiger partial charge in [0.1, 0.15) is 5.82 Å². The first-order chi connectivity index (χ1) is 10.1. The Hall–Kier alpha value is -1.09. The Morgan fingerprint density at radius 3 is 2.10 bits per heavy atom. The molecule has 0 atom stereocenters. The lowest BCUT2D eigenvalue weighted by Crippen LogP contribution is -2.40. The molecule has 3 heteroatoms. The molecule has 2 aliphatic heterocycles. The van der Waals surface area contributed by atoms with Crippen molar-refractivity contribution in [2.75, 3.05) is 38.1 Å². The van der Waals surface area contributed by atoms with E-state index in [4.69, 9.17) is 0 Å². The summed E-state index contributed by atoms with van der Waals surface area (Å²) in [6.07, 6.45) is 5.14. The molecular weight excluding hydrogens is 263 g/mol. The van der Waals surface area contributed by atoms with Crippen molar-refractivity contribution in [2.45, 2.75) is 32.6 Å². The second kappa shape index (κ2) is 6.35.